The highest BCUT2D eigenvalue weighted by molar-refractivity contribution is 7.13. The maximum atomic E-state index is 12.0. The smallest absolute Gasteiger partial charge is 0.263 e. The number of hydrogen-bond donors (Lipinski definition) is 2. The Morgan fingerprint density at radius 3 is 2.56 bits per heavy atom. The molecular formula is C13H15N3OS. The lowest BCUT2D eigenvalue weighted by molar-refractivity contribution is 0.0954. The Kier molecular flexibility index (Phi) is 3.62. The molecule has 1 aromatic heterocycles. The SMILES string of the molecule is Cc1nc(C)c(C(=O)NCc2ccc(N)cc2)s1. The van der Waals surface area contributed by atoms with E-state index < -0.39 is 0 Å². The maximum Gasteiger partial charge on any atom is 0.263 e. The van der Waals surface area contributed by atoms with Crippen molar-refractivity contribution < 1.29 is 4.79 Å². The van der Waals surface area contributed by atoms with Crippen molar-refractivity contribution in [2.45, 2.75) is 20.4 Å². The molecule has 3 N–H and O–H groups in total. The second-order valence-corrected chi connectivity index (χ2v) is 5.27. The van der Waals surface area contributed by atoms with Crippen LogP contribution in [-0.4, -0.2) is 10.9 Å². The van der Waals surface area contributed by atoms with E-state index in [2.05, 4.69) is 10.3 Å². The Bertz CT molecular complexity index is 560. The largest absolute Gasteiger partial charge is 0.399 e. The van der Waals surface area contributed by atoms with Gasteiger partial charge in [0.1, 0.15) is 4.88 Å². The van der Waals surface area contributed by atoms with Gasteiger partial charge in [-0.2, -0.15) is 0 Å². The van der Waals surface area contributed by atoms with Gasteiger partial charge >= 0.3 is 0 Å². The third kappa shape index (κ3) is 2.87. The number of rotatable bonds is 3. The Balaban J connectivity index is 2.00. The molecule has 0 saturated heterocycles. The maximum absolute atomic E-state index is 12.0. The van der Waals surface area contributed by atoms with Crippen LogP contribution in [0.25, 0.3) is 0 Å². The zero-order chi connectivity index (χ0) is 13.1. The average molecular weight is 261 g/mol. The third-order valence-corrected chi connectivity index (χ3v) is 3.61. The number of anilines is 1. The van der Waals surface area contributed by atoms with E-state index in [9.17, 15) is 4.79 Å². The van der Waals surface area contributed by atoms with E-state index in [1.807, 2.05) is 38.1 Å². The normalized spacial score (nSPS) is 10.3. The minimum absolute atomic E-state index is 0.0741. The van der Waals surface area contributed by atoms with Crippen LogP contribution in [0.1, 0.15) is 25.9 Å². The van der Waals surface area contributed by atoms with E-state index >= 15 is 0 Å². The number of nitrogen functional groups attached to an aromatic ring is 1. The second-order valence-electron chi connectivity index (χ2n) is 4.07. The number of aryl methyl sites for hydroxylation is 2. The van der Waals surface area contributed by atoms with E-state index in [4.69, 9.17) is 5.73 Å². The van der Waals surface area contributed by atoms with E-state index in [-0.39, 0.29) is 5.91 Å². The molecule has 1 amide bonds. The molecule has 2 rings (SSSR count). The van der Waals surface area contributed by atoms with Gasteiger partial charge < -0.3 is 11.1 Å². The summed E-state index contributed by atoms with van der Waals surface area (Å²) in [5, 5.41) is 3.79. The first-order valence-electron chi connectivity index (χ1n) is 5.63. The standard InChI is InChI=1S/C13H15N3OS/c1-8-12(18-9(2)16-8)13(17)15-7-10-3-5-11(14)6-4-10/h3-6H,7,14H2,1-2H3,(H,15,17). The molecule has 2 aromatic rings. The van der Waals surface area contributed by atoms with Gasteiger partial charge in [-0.25, -0.2) is 4.98 Å². The summed E-state index contributed by atoms with van der Waals surface area (Å²) in [7, 11) is 0. The minimum atomic E-state index is -0.0741. The molecule has 1 heterocycles. The Labute approximate surface area is 110 Å². The topological polar surface area (TPSA) is 68.0 Å². The van der Waals surface area contributed by atoms with Crippen molar-refractivity contribution in [1.82, 2.24) is 10.3 Å². The molecule has 0 fully saturated rings. The fourth-order valence-corrected chi connectivity index (χ4v) is 2.48. The predicted octanol–water partition coefficient (Wildman–Crippen LogP) is 2.27. The van der Waals surface area contributed by atoms with Gasteiger partial charge in [0.25, 0.3) is 5.91 Å². The van der Waals surface area contributed by atoms with Crippen LogP contribution in [-0.2, 0) is 6.54 Å². The molecule has 94 valence electrons. The summed E-state index contributed by atoms with van der Waals surface area (Å²) in [6, 6.07) is 7.45. The summed E-state index contributed by atoms with van der Waals surface area (Å²) >= 11 is 1.42. The summed E-state index contributed by atoms with van der Waals surface area (Å²) in [5.74, 6) is -0.0741. The van der Waals surface area contributed by atoms with E-state index in [1.54, 1.807) is 0 Å². The highest BCUT2D eigenvalue weighted by Crippen LogP contribution is 2.17. The van der Waals surface area contributed by atoms with Crippen LogP contribution in [0.3, 0.4) is 0 Å². The van der Waals surface area contributed by atoms with E-state index in [0.29, 0.717) is 11.4 Å². The number of carbonyl (C=O) groups excluding carboxylic acids is 1. The van der Waals surface area contributed by atoms with Crippen LogP contribution < -0.4 is 11.1 Å². The number of carbonyl (C=O) groups is 1. The summed E-state index contributed by atoms with van der Waals surface area (Å²) in [5.41, 5.74) is 8.13. The zero-order valence-corrected chi connectivity index (χ0v) is 11.2. The Hall–Kier alpha value is -1.88. The number of aromatic nitrogens is 1. The van der Waals surface area contributed by atoms with Crippen LogP contribution in [0.4, 0.5) is 5.69 Å². The molecule has 0 aliphatic heterocycles. The fraction of sp³-hybridized carbons (Fsp3) is 0.231. The van der Waals surface area contributed by atoms with Gasteiger partial charge in [0.15, 0.2) is 0 Å². The first-order valence-corrected chi connectivity index (χ1v) is 6.44. The number of hydrogen-bond acceptors (Lipinski definition) is 4. The predicted molar refractivity (Wildman–Crippen MR) is 73.6 cm³/mol. The molecule has 5 heteroatoms. The van der Waals surface area contributed by atoms with Gasteiger partial charge in [-0.15, -0.1) is 11.3 Å². The van der Waals surface area contributed by atoms with Crippen molar-refractivity contribution >= 4 is 22.9 Å². The molecule has 4 nitrogen and oxygen atoms in total. The van der Waals surface area contributed by atoms with Crippen LogP contribution in [0.5, 0.6) is 0 Å². The van der Waals surface area contributed by atoms with Crippen molar-refractivity contribution in [2.75, 3.05) is 5.73 Å². The summed E-state index contributed by atoms with van der Waals surface area (Å²) in [6.45, 7) is 4.24. The summed E-state index contributed by atoms with van der Waals surface area (Å²) in [6.07, 6.45) is 0. The molecule has 0 spiro atoms. The number of nitrogens with zero attached hydrogens (tertiary/aromatic N) is 1. The molecule has 0 saturated carbocycles. The van der Waals surface area contributed by atoms with Crippen molar-refractivity contribution in [3.63, 3.8) is 0 Å². The molecule has 18 heavy (non-hydrogen) atoms. The number of benzene rings is 1. The number of nitrogens with one attached hydrogen (secondary N) is 1. The zero-order valence-electron chi connectivity index (χ0n) is 10.4. The van der Waals surface area contributed by atoms with Gasteiger partial charge in [-0.1, -0.05) is 12.1 Å². The van der Waals surface area contributed by atoms with Gasteiger partial charge in [-0.05, 0) is 31.5 Å². The minimum Gasteiger partial charge on any atom is -0.399 e. The quantitative estimate of drug-likeness (QED) is 0.833. The fourth-order valence-electron chi connectivity index (χ4n) is 1.64. The second kappa shape index (κ2) is 5.18. The van der Waals surface area contributed by atoms with Crippen LogP contribution >= 0.6 is 11.3 Å². The monoisotopic (exact) mass is 261 g/mol. The highest BCUT2D eigenvalue weighted by atomic mass is 32.1. The van der Waals surface area contributed by atoms with Gasteiger partial charge in [0, 0.05) is 12.2 Å². The number of thiazole rings is 1. The molecular weight excluding hydrogens is 246 g/mol. The number of nitrogens with two attached hydrogens (primary N) is 1. The van der Waals surface area contributed by atoms with Crippen molar-refractivity contribution in [2.24, 2.45) is 0 Å². The lowest BCUT2D eigenvalue weighted by atomic mass is 10.2. The molecule has 1 aromatic carbocycles. The van der Waals surface area contributed by atoms with Crippen molar-refractivity contribution in [1.29, 1.82) is 0 Å². The molecule has 0 atom stereocenters. The van der Waals surface area contributed by atoms with Crippen LogP contribution in [0, 0.1) is 13.8 Å². The molecule has 0 bridgehead atoms. The van der Waals surface area contributed by atoms with Crippen molar-refractivity contribution in [3.05, 3.63) is 45.4 Å². The molecule has 0 aliphatic carbocycles. The first-order chi connectivity index (χ1) is 8.56. The van der Waals surface area contributed by atoms with Gasteiger partial charge in [-0.3, -0.25) is 4.79 Å². The lowest BCUT2D eigenvalue weighted by Crippen LogP contribution is -2.22. The Morgan fingerprint density at radius 1 is 1.33 bits per heavy atom. The lowest BCUT2D eigenvalue weighted by Gasteiger charge is -2.04. The molecule has 0 radical (unpaired) electrons. The Morgan fingerprint density at radius 2 is 2.00 bits per heavy atom. The molecule has 0 aliphatic rings. The summed E-state index contributed by atoms with van der Waals surface area (Å²) < 4.78 is 0. The summed E-state index contributed by atoms with van der Waals surface area (Å²) in [4.78, 5) is 16.9. The molecule has 0 unspecified atom stereocenters. The van der Waals surface area contributed by atoms with Gasteiger partial charge in [0.2, 0.25) is 0 Å². The van der Waals surface area contributed by atoms with Gasteiger partial charge in [0.05, 0.1) is 10.7 Å². The highest BCUT2D eigenvalue weighted by Gasteiger charge is 2.12. The van der Waals surface area contributed by atoms with E-state index in [1.165, 1.54) is 11.3 Å². The van der Waals surface area contributed by atoms with Crippen molar-refractivity contribution in [3.8, 4) is 0 Å². The average Bonchev–Trinajstić information content (AvgIpc) is 2.67. The van der Waals surface area contributed by atoms with E-state index in [0.717, 1.165) is 22.0 Å². The first kappa shape index (κ1) is 12.6. The number of amides is 1. The van der Waals surface area contributed by atoms with Crippen LogP contribution in [0.15, 0.2) is 24.3 Å². The third-order valence-electron chi connectivity index (χ3n) is 2.54. The van der Waals surface area contributed by atoms with Crippen LogP contribution in [0.2, 0.25) is 0 Å².